The SMILES string of the molecule is Cc1cc(C)c(CC(=O)NCc2ccccn2)c(C)c1. The predicted octanol–water partition coefficient (Wildman–Crippen LogP) is 2.87. The van der Waals surface area contributed by atoms with Crippen LogP contribution >= 0.6 is 0 Å². The van der Waals surface area contributed by atoms with Gasteiger partial charge in [-0.2, -0.15) is 0 Å². The van der Waals surface area contributed by atoms with Gasteiger partial charge in [0.15, 0.2) is 0 Å². The third kappa shape index (κ3) is 3.67. The summed E-state index contributed by atoms with van der Waals surface area (Å²) in [6.07, 6.45) is 2.15. The summed E-state index contributed by atoms with van der Waals surface area (Å²) in [5, 5.41) is 2.92. The van der Waals surface area contributed by atoms with Gasteiger partial charge in [0.05, 0.1) is 18.7 Å². The van der Waals surface area contributed by atoms with Crippen molar-refractivity contribution in [3.8, 4) is 0 Å². The average molecular weight is 268 g/mol. The minimum Gasteiger partial charge on any atom is -0.350 e. The third-order valence-corrected chi connectivity index (χ3v) is 3.37. The summed E-state index contributed by atoms with van der Waals surface area (Å²) in [4.78, 5) is 16.2. The van der Waals surface area contributed by atoms with Crippen molar-refractivity contribution in [2.45, 2.75) is 33.7 Å². The minimum absolute atomic E-state index is 0.0331. The Kier molecular flexibility index (Phi) is 4.51. The van der Waals surface area contributed by atoms with Gasteiger partial charge in [-0.3, -0.25) is 9.78 Å². The second-order valence-corrected chi connectivity index (χ2v) is 5.15. The molecule has 1 N–H and O–H groups in total. The molecule has 0 fully saturated rings. The average Bonchev–Trinajstić information content (AvgIpc) is 2.42. The maximum Gasteiger partial charge on any atom is 0.224 e. The van der Waals surface area contributed by atoms with Crippen molar-refractivity contribution < 1.29 is 4.79 Å². The zero-order chi connectivity index (χ0) is 14.5. The summed E-state index contributed by atoms with van der Waals surface area (Å²) in [7, 11) is 0. The van der Waals surface area contributed by atoms with Gasteiger partial charge in [-0.1, -0.05) is 23.8 Å². The summed E-state index contributed by atoms with van der Waals surface area (Å²) in [6, 6.07) is 9.93. The Morgan fingerprint density at radius 1 is 1.15 bits per heavy atom. The fourth-order valence-corrected chi connectivity index (χ4v) is 2.40. The highest BCUT2D eigenvalue weighted by Gasteiger charge is 2.09. The number of aryl methyl sites for hydroxylation is 3. The lowest BCUT2D eigenvalue weighted by Crippen LogP contribution is -2.25. The van der Waals surface area contributed by atoms with E-state index < -0.39 is 0 Å². The molecule has 0 aliphatic heterocycles. The third-order valence-electron chi connectivity index (χ3n) is 3.37. The highest BCUT2D eigenvalue weighted by Crippen LogP contribution is 2.16. The van der Waals surface area contributed by atoms with E-state index in [4.69, 9.17) is 0 Å². The van der Waals surface area contributed by atoms with E-state index in [2.05, 4.69) is 43.2 Å². The maximum atomic E-state index is 12.0. The standard InChI is InChI=1S/C17H20N2O/c1-12-8-13(2)16(14(3)9-12)10-17(20)19-11-15-6-4-5-7-18-15/h4-9H,10-11H2,1-3H3,(H,19,20). The molecule has 0 aliphatic rings. The molecule has 20 heavy (non-hydrogen) atoms. The Morgan fingerprint density at radius 2 is 1.85 bits per heavy atom. The first-order valence-corrected chi connectivity index (χ1v) is 6.79. The van der Waals surface area contributed by atoms with Crippen LogP contribution in [0.5, 0.6) is 0 Å². The lowest BCUT2D eigenvalue weighted by Gasteiger charge is -2.11. The maximum absolute atomic E-state index is 12.0. The molecule has 0 saturated heterocycles. The van der Waals surface area contributed by atoms with Crippen LogP contribution in [-0.4, -0.2) is 10.9 Å². The smallest absolute Gasteiger partial charge is 0.224 e. The number of rotatable bonds is 4. The molecule has 0 radical (unpaired) electrons. The molecule has 0 unspecified atom stereocenters. The number of carbonyl (C=O) groups excluding carboxylic acids is 1. The molecule has 1 aromatic carbocycles. The first-order valence-electron chi connectivity index (χ1n) is 6.79. The van der Waals surface area contributed by atoms with Gasteiger partial charge in [0, 0.05) is 6.20 Å². The van der Waals surface area contributed by atoms with E-state index in [1.54, 1.807) is 6.20 Å². The van der Waals surface area contributed by atoms with E-state index in [9.17, 15) is 4.79 Å². The molecule has 1 heterocycles. The number of pyridine rings is 1. The molecule has 3 heteroatoms. The lowest BCUT2D eigenvalue weighted by molar-refractivity contribution is -0.120. The Hall–Kier alpha value is -2.16. The number of hydrogen-bond donors (Lipinski definition) is 1. The molecule has 0 saturated carbocycles. The van der Waals surface area contributed by atoms with Gasteiger partial charge in [0.2, 0.25) is 5.91 Å². The molecule has 2 rings (SSSR count). The highest BCUT2D eigenvalue weighted by molar-refractivity contribution is 5.79. The second kappa shape index (κ2) is 6.33. The first-order chi connectivity index (χ1) is 9.56. The Morgan fingerprint density at radius 3 is 2.45 bits per heavy atom. The molecule has 0 spiro atoms. The van der Waals surface area contributed by atoms with Crippen LogP contribution in [0.4, 0.5) is 0 Å². The zero-order valence-electron chi connectivity index (χ0n) is 12.2. The number of amides is 1. The van der Waals surface area contributed by atoms with Crippen molar-refractivity contribution in [2.24, 2.45) is 0 Å². The van der Waals surface area contributed by atoms with Gasteiger partial charge in [-0.05, 0) is 49.6 Å². The van der Waals surface area contributed by atoms with Crippen LogP contribution in [0.3, 0.4) is 0 Å². The largest absolute Gasteiger partial charge is 0.350 e. The summed E-state index contributed by atoms with van der Waals surface area (Å²) in [6.45, 7) is 6.66. The Balaban J connectivity index is 1.98. The number of carbonyl (C=O) groups is 1. The van der Waals surface area contributed by atoms with Gasteiger partial charge < -0.3 is 5.32 Å². The summed E-state index contributed by atoms with van der Waals surface area (Å²) in [5.74, 6) is 0.0331. The lowest BCUT2D eigenvalue weighted by atomic mass is 9.97. The molecule has 0 bridgehead atoms. The number of hydrogen-bond acceptors (Lipinski definition) is 2. The van der Waals surface area contributed by atoms with Gasteiger partial charge in [0.25, 0.3) is 0 Å². The molecule has 0 atom stereocenters. The molecule has 1 aromatic heterocycles. The molecule has 1 amide bonds. The highest BCUT2D eigenvalue weighted by atomic mass is 16.1. The van der Waals surface area contributed by atoms with E-state index in [1.807, 2.05) is 18.2 Å². The van der Waals surface area contributed by atoms with Crippen LogP contribution in [0.25, 0.3) is 0 Å². The van der Waals surface area contributed by atoms with Crippen molar-refractivity contribution >= 4 is 5.91 Å². The van der Waals surface area contributed by atoms with Gasteiger partial charge in [0.1, 0.15) is 0 Å². The van der Waals surface area contributed by atoms with E-state index in [0.29, 0.717) is 13.0 Å². The summed E-state index contributed by atoms with van der Waals surface area (Å²) >= 11 is 0. The quantitative estimate of drug-likeness (QED) is 0.926. The van der Waals surface area contributed by atoms with Crippen molar-refractivity contribution in [1.82, 2.24) is 10.3 Å². The van der Waals surface area contributed by atoms with Gasteiger partial charge in [-0.15, -0.1) is 0 Å². The monoisotopic (exact) mass is 268 g/mol. The second-order valence-electron chi connectivity index (χ2n) is 5.15. The molecule has 3 nitrogen and oxygen atoms in total. The van der Waals surface area contributed by atoms with E-state index in [-0.39, 0.29) is 5.91 Å². The number of nitrogens with zero attached hydrogens (tertiary/aromatic N) is 1. The molecular formula is C17H20N2O. The van der Waals surface area contributed by atoms with Crippen LogP contribution in [0.2, 0.25) is 0 Å². The Labute approximate surface area is 120 Å². The fraction of sp³-hybridized carbons (Fsp3) is 0.294. The van der Waals surface area contributed by atoms with E-state index >= 15 is 0 Å². The summed E-state index contributed by atoms with van der Waals surface area (Å²) in [5.41, 5.74) is 5.58. The van der Waals surface area contributed by atoms with Crippen molar-refractivity contribution in [3.05, 3.63) is 64.5 Å². The van der Waals surface area contributed by atoms with Crippen molar-refractivity contribution in [1.29, 1.82) is 0 Å². The minimum atomic E-state index is 0.0331. The molecule has 104 valence electrons. The predicted molar refractivity (Wildman–Crippen MR) is 80.4 cm³/mol. The van der Waals surface area contributed by atoms with Crippen molar-refractivity contribution in [3.63, 3.8) is 0 Å². The van der Waals surface area contributed by atoms with E-state index in [1.165, 1.54) is 16.7 Å². The summed E-state index contributed by atoms with van der Waals surface area (Å²) < 4.78 is 0. The van der Waals surface area contributed by atoms with Crippen LogP contribution in [0, 0.1) is 20.8 Å². The number of nitrogens with one attached hydrogen (secondary N) is 1. The van der Waals surface area contributed by atoms with Crippen molar-refractivity contribution in [2.75, 3.05) is 0 Å². The van der Waals surface area contributed by atoms with Gasteiger partial charge in [-0.25, -0.2) is 0 Å². The van der Waals surface area contributed by atoms with E-state index in [0.717, 1.165) is 11.3 Å². The zero-order valence-corrected chi connectivity index (χ0v) is 12.2. The topological polar surface area (TPSA) is 42.0 Å². The van der Waals surface area contributed by atoms with Crippen LogP contribution < -0.4 is 5.32 Å². The van der Waals surface area contributed by atoms with Gasteiger partial charge >= 0.3 is 0 Å². The Bertz CT molecular complexity index is 583. The van der Waals surface area contributed by atoms with Crippen LogP contribution in [-0.2, 0) is 17.8 Å². The first kappa shape index (κ1) is 14.3. The number of aromatic nitrogens is 1. The van der Waals surface area contributed by atoms with Crippen LogP contribution in [0.1, 0.15) is 27.9 Å². The molecule has 0 aliphatic carbocycles. The molecular weight excluding hydrogens is 248 g/mol. The molecule has 2 aromatic rings. The van der Waals surface area contributed by atoms with Crippen LogP contribution in [0.15, 0.2) is 36.5 Å². The normalized spacial score (nSPS) is 10.3. The number of benzene rings is 1. The fourth-order valence-electron chi connectivity index (χ4n) is 2.40.